The van der Waals surface area contributed by atoms with Crippen LogP contribution in [0, 0.1) is 16.7 Å². The van der Waals surface area contributed by atoms with Crippen molar-refractivity contribution < 1.29 is 24.2 Å². The number of nitrogens with zero attached hydrogens (tertiary/aromatic N) is 2. The zero-order chi connectivity index (χ0) is 20.6. The van der Waals surface area contributed by atoms with Crippen molar-refractivity contribution in [3.05, 3.63) is 0 Å². The molecule has 0 aliphatic carbocycles. The number of carbonyl (C=O) groups excluding carboxylic acids is 2. The van der Waals surface area contributed by atoms with Crippen LogP contribution in [0.15, 0.2) is 0 Å². The van der Waals surface area contributed by atoms with Gasteiger partial charge in [-0.25, -0.2) is 0 Å². The Morgan fingerprint density at radius 2 is 1.44 bits per heavy atom. The number of rotatable bonds is 0. The van der Waals surface area contributed by atoms with Gasteiger partial charge in [0.1, 0.15) is 5.60 Å². The van der Waals surface area contributed by atoms with Crippen molar-refractivity contribution in [3.63, 3.8) is 0 Å². The van der Waals surface area contributed by atoms with Gasteiger partial charge in [0.2, 0.25) is 17.6 Å². The lowest BCUT2D eigenvalue weighted by Crippen LogP contribution is -2.48. The average Bonchev–Trinajstić information content (AvgIpc) is 2.98. The number of likely N-dealkylation sites (tertiary alicyclic amines) is 2. The normalized spacial score (nSPS) is 39.4. The van der Waals surface area contributed by atoms with Gasteiger partial charge in [-0.1, -0.05) is 48.5 Å². The number of β-amino-alcohol motifs (C(OH)–C–C–N with tert-alkyl or cyclic N) is 1. The molecule has 7 heteroatoms. The van der Waals surface area contributed by atoms with Crippen LogP contribution < -0.4 is 0 Å². The Labute approximate surface area is 162 Å². The first-order chi connectivity index (χ1) is 12.0. The van der Waals surface area contributed by atoms with Crippen LogP contribution in [0.1, 0.15) is 55.4 Å². The Bertz CT molecular complexity index is 644. The van der Waals surface area contributed by atoms with Crippen molar-refractivity contribution in [2.75, 3.05) is 26.2 Å². The minimum Gasteiger partial charge on any atom is -0.362 e. The standard InChI is InChI=1S/C20H34N2O5/c1-13-9-21(14(23)16(2,3)4)11-19(13)26-18(8)10-22(12-20(18,25)27-19)15(24)17(5,6)7/h13,25H,9-12H2,1-8H3/t13-,18+,19+,20-/m1/s1. The van der Waals surface area contributed by atoms with Gasteiger partial charge in [-0.15, -0.1) is 0 Å². The number of carbonyl (C=O) groups is 2. The van der Waals surface area contributed by atoms with Crippen molar-refractivity contribution in [2.45, 2.75) is 72.6 Å². The van der Waals surface area contributed by atoms with Gasteiger partial charge >= 0.3 is 0 Å². The summed E-state index contributed by atoms with van der Waals surface area (Å²) in [6.45, 7) is 16.1. The molecule has 3 fully saturated rings. The van der Waals surface area contributed by atoms with E-state index in [-0.39, 0.29) is 37.4 Å². The number of aliphatic hydroxyl groups is 1. The molecule has 3 aliphatic rings. The Balaban J connectivity index is 1.81. The molecule has 0 aromatic carbocycles. The molecule has 154 valence electrons. The van der Waals surface area contributed by atoms with Crippen molar-refractivity contribution in [3.8, 4) is 0 Å². The van der Waals surface area contributed by atoms with Crippen molar-refractivity contribution in [1.29, 1.82) is 0 Å². The van der Waals surface area contributed by atoms with Gasteiger partial charge in [-0.05, 0) is 6.92 Å². The third-order valence-electron chi connectivity index (χ3n) is 5.98. The number of hydrogen-bond acceptors (Lipinski definition) is 5. The highest BCUT2D eigenvalue weighted by Crippen LogP contribution is 2.53. The maximum absolute atomic E-state index is 12.7. The Morgan fingerprint density at radius 1 is 0.926 bits per heavy atom. The second-order valence-electron chi connectivity index (χ2n) is 10.8. The van der Waals surface area contributed by atoms with Crippen LogP contribution in [0.25, 0.3) is 0 Å². The van der Waals surface area contributed by atoms with E-state index in [1.54, 1.807) is 16.7 Å². The van der Waals surface area contributed by atoms with Gasteiger partial charge in [0.25, 0.3) is 0 Å². The molecule has 0 aromatic rings. The van der Waals surface area contributed by atoms with E-state index in [0.29, 0.717) is 6.54 Å². The Hall–Kier alpha value is -1.18. The van der Waals surface area contributed by atoms with E-state index in [1.165, 1.54) is 0 Å². The molecule has 3 heterocycles. The fraction of sp³-hybridized carbons (Fsp3) is 0.900. The van der Waals surface area contributed by atoms with Gasteiger partial charge in [-0.2, -0.15) is 0 Å². The third-order valence-corrected chi connectivity index (χ3v) is 5.98. The van der Waals surface area contributed by atoms with E-state index >= 15 is 0 Å². The fourth-order valence-corrected chi connectivity index (χ4v) is 4.38. The van der Waals surface area contributed by atoms with Crippen LogP contribution in [0.4, 0.5) is 0 Å². The van der Waals surface area contributed by atoms with Crippen molar-refractivity contribution in [2.24, 2.45) is 16.7 Å². The maximum atomic E-state index is 12.7. The quantitative estimate of drug-likeness (QED) is 0.688. The summed E-state index contributed by atoms with van der Waals surface area (Å²) >= 11 is 0. The fourth-order valence-electron chi connectivity index (χ4n) is 4.38. The third kappa shape index (κ3) is 3.08. The molecule has 3 aliphatic heterocycles. The molecule has 0 saturated carbocycles. The highest BCUT2D eigenvalue weighted by molar-refractivity contribution is 5.82. The summed E-state index contributed by atoms with van der Waals surface area (Å²) in [5.41, 5.74) is -2.06. The molecule has 0 bridgehead atoms. The van der Waals surface area contributed by atoms with Gasteiger partial charge in [0.15, 0.2) is 5.79 Å². The monoisotopic (exact) mass is 382 g/mol. The SMILES string of the molecule is C[C@@H]1CN(C(=O)C(C)(C)C)C[C@]12O[C@]1(O)CN(C(=O)C(C)(C)C)C[C@]1(C)O2. The summed E-state index contributed by atoms with van der Waals surface area (Å²) in [5, 5.41) is 11.3. The van der Waals surface area contributed by atoms with Crippen molar-refractivity contribution in [1.82, 2.24) is 9.80 Å². The van der Waals surface area contributed by atoms with Crippen LogP contribution in [0.3, 0.4) is 0 Å². The Kier molecular flexibility index (Phi) is 4.32. The van der Waals surface area contributed by atoms with Gasteiger partial charge < -0.3 is 24.4 Å². The minimum absolute atomic E-state index is 0.0390. The molecular formula is C20H34N2O5. The summed E-state index contributed by atoms with van der Waals surface area (Å²) in [5.74, 6) is -2.71. The van der Waals surface area contributed by atoms with E-state index in [4.69, 9.17) is 9.47 Å². The molecule has 2 amide bonds. The molecule has 4 atom stereocenters. The number of amides is 2. The first-order valence-electron chi connectivity index (χ1n) is 9.75. The van der Waals surface area contributed by atoms with Gasteiger partial charge in [0.05, 0.1) is 19.6 Å². The number of ether oxygens (including phenoxy) is 2. The van der Waals surface area contributed by atoms with Crippen LogP contribution >= 0.6 is 0 Å². The first-order valence-corrected chi connectivity index (χ1v) is 9.75. The first kappa shape index (κ1) is 20.6. The Morgan fingerprint density at radius 3 is 1.93 bits per heavy atom. The predicted octanol–water partition coefficient (Wildman–Crippen LogP) is 1.59. The second-order valence-corrected chi connectivity index (χ2v) is 10.8. The van der Waals surface area contributed by atoms with Crippen LogP contribution in [-0.2, 0) is 19.1 Å². The molecule has 1 N–H and O–H groups in total. The van der Waals surface area contributed by atoms with Crippen molar-refractivity contribution >= 4 is 11.8 Å². The molecule has 1 spiro atoms. The maximum Gasteiger partial charge on any atom is 0.228 e. The molecule has 27 heavy (non-hydrogen) atoms. The summed E-state index contributed by atoms with van der Waals surface area (Å²) in [4.78, 5) is 28.7. The van der Waals surface area contributed by atoms with Crippen LogP contribution in [0.5, 0.6) is 0 Å². The highest BCUT2D eigenvalue weighted by Gasteiger charge is 2.71. The topological polar surface area (TPSA) is 79.3 Å². The lowest BCUT2D eigenvalue weighted by molar-refractivity contribution is -0.255. The summed E-state index contributed by atoms with van der Waals surface area (Å²) in [6.07, 6.45) is 0. The molecule has 0 aromatic heterocycles. The lowest BCUT2D eigenvalue weighted by Gasteiger charge is -2.33. The summed E-state index contributed by atoms with van der Waals surface area (Å²) < 4.78 is 12.5. The van der Waals surface area contributed by atoms with Gasteiger partial charge in [0, 0.05) is 23.3 Å². The van der Waals surface area contributed by atoms with E-state index in [0.717, 1.165) is 0 Å². The number of hydrogen-bond donors (Lipinski definition) is 1. The van der Waals surface area contributed by atoms with E-state index in [2.05, 4.69) is 0 Å². The van der Waals surface area contributed by atoms with Crippen LogP contribution in [0.2, 0.25) is 0 Å². The molecule has 0 unspecified atom stereocenters. The number of fused-ring (bicyclic) bond motifs is 1. The largest absolute Gasteiger partial charge is 0.362 e. The van der Waals surface area contributed by atoms with Crippen LogP contribution in [-0.4, -0.2) is 70.1 Å². The minimum atomic E-state index is -1.58. The molecular weight excluding hydrogens is 348 g/mol. The van der Waals surface area contributed by atoms with E-state index in [1.807, 2.05) is 48.5 Å². The predicted molar refractivity (Wildman–Crippen MR) is 99.5 cm³/mol. The zero-order valence-corrected chi connectivity index (χ0v) is 17.9. The summed E-state index contributed by atoms with van der Waals surface area (Å²) in [7, 11) is 0. The smallest absolute Gasteiger partial charge is 0.228 e. The lowest BCUT2D eigenvalue weighted by atomic mass is 9.95. The molecule has 3 rings (SSSR count). The van der Waals surface area contributed by atoms with E-state index < -0.39 is 28.0 Å². The van der Waals surface area contributed by atoms with Gasteiger partial charge in [-0.3, -0.25) is 9.59 Å². The summed E-state index contributed by atoms with van der Waals surface area (Å²) in [6, 6.07) is 0. The average molecular weight is 383 g/mol. The second kappa shape index (κ2) is 5.67. The van der Waals surface area contributed by atoms with E-state index in [9.17, 15) is 14.7 Å². The zero-order valence-electron chi connectivity index (χ0n) is 17.9. The molecule has 3 saturated heterocycles. The highest BCUT2D eigenvalue weighted by atomic mass is 16.8. The molecule has 0 radical (unpaired) electrons. The molecule has 7 nitrogen and oxygen atoms in total.